The van der Waals surface area contributed by atoms with Crippen molar-refractivity contribution in [2.45, 2.75) is 104 Å². The van der Waals surface area contributed by atoms with Crippen LogP contribution in [0.3, 0.4) is 0 Å². The maximum absolute atomic E-state index is 11.1. The number of aromatic nitrogens is 1. The van der Waals surface area contributed by atoms with E-state index in [2.05, 4.69) is 20.3 Å². The van der Waals surface area contributed by atoms with E-state index in [-0.39, 0.29) is 24.5 Å². The van der Waals surface area contributed by atoms with E-state index in [1.807, 2.05) is 11.8 Å². The number of rotatable bonds is 9. The van der Waals surface area contributed by atoms with Crippen molar-refractivity contribution in [3.63, 3.8) is 0 Å². The van der Waals surface area contributed by atoms with Crippen LogP contribution in [0.4, 0.5) is 4.79 Å². The van der Waals surface area contributed by atoms with Crippen molar-refractivity contribution in [2.24, 2.45) is 0 Å². The van der Waals surface area contributed by atoms with E-state index in [1.165, 1.54) is 6.26 Å². The molecule has 4 aliphatic rings. The quantitative estimate of drug-likeness (QED) is 0.0894. The number of hydrogen-bond acceptors (Lipinski definition) is 16. The zero-order valence-corrected chi connectivity index (χ0v) is 24.3. The molecule has 4 aliphatic heterocycles. The minimum Gasteiger partial charge on any atom is -0.481 e. The van der Waals surface area contributed by atoms with Crippen molar-refractivity contribution in [1.82, 2.24) is 15.8 Å². The number of fused-ring (bicyclic) bond motifs is 1. The third kappa shape index (κ3) is 9.68. The second-order valence-corrected chi connectivity index (χ2v) is 11.7. The number of urea groups is 1. The Morgan fingerprint density at radius 2 is 1.68 bits per heavy atom. The van der Waals surface area contributed by atoms with Gasteiger partial charge in [0.25, 0.3) is 0 Å². The van der Waals surface area contributed by atoms with Crippen molar-refractivity contribution in [1.29, 1.82) is 0 Å². The summed E-state index contributed by atoms with van der Waals surface area (Å²) in [5.74, 6) is 0.236. The number of aliphatic hydroxyl groups excluding tert-OH is 8. The number of ether oxygens (including phenoxy) is 3. The van der Waals surface area contributed by atoms with Gasteiger partial charge in [-0.3, -0.25) is 4.79 Å². The molecule has 13 atom stereocenters. The highest BCUT2D eigenvalue weighted by Gasteiger charge is 2.50. The van der Waals surface area contributed by atoms with E-state index in [0.717, 1.165) is 25.0 Å². The molecule has 0 aromatic carbocycles. The molecule has 18 nitrogen and oxygen atoms in total. The number of aliphatic carboxylic acids is 1. The van der Waals surface area contributed by atoms with E-state index < -0.39 is 80.6 Å². The number of carboxylic acids is 1. The summed E-state index contributed by atoms with van der Waals surface area (Å²) >= 11 is 1.87. The van der Waals surface area contributed by atoms with Crippen LogP contribution < -0.4 is 10.6 Å². The molecule has 252 valence electrons. The topological polar surface area (TPSA) is 294 Å². The Bertz CT molecular complexity index is 975. The number of amides is 2. The number of aliphatic hydroxyl groups is 8. The average Bonchev–Trinajstić information content (AvgIpc) is 3.77. The standard InChI is InChI=1S/C12H22O11.C10H16N2O3S.C3H3NO/c13-1-3-5(15)6(16)9(19)12(22-3)23-10-4(2-14)21-11(20)8(18)7(10)17;13-8(14)4-2-1-3-7-9-6(5-16-7)11-10(15)12-9;1-2-4-5-3-1/h3-20H,1-2H2;6-7,9H,1-5H2,(H,13,14)(H2,11,12,15);1-3H/t3-,4-,5+,6+,7-,8-,9-,10-,11?,12+;6-,7-,9-;/m10./s1. The van der Waals surface area contributed by atoms with Gasteiger partial charge < -0.3 is 75.3 Å². The SMILES string of the molecule is O=C(O)CCCC[C@@H]1SC[C@@H]2NC(=O)N[C@@H]21.OC[C@H]1O[C@@H](O[C@H]2[C@H](O)[C@@H](O)C(O)O[C@@H]2CO)[C@H](O)[C@@H](O)[C@H]1O.c1cnoc1. The Morgan fingerprint density at radius 1 is 0.955 bits per heavy atom. The van der Waals surface area contributed by atoms with Crippen LogP contribution in [0, 0.1) is 0 Å². The van der Waals surface area contributed by atoms with Crippen LogP contribution in [0.15, 0.2) is 23.0 Å². The fourth-order valence-electron chi connectivity index (χ4n) is 5.01. The first kappa shape index (κ1) is 36.3. The van der Waals surface area contributed by atoms with Crippen LogP contribution in [-0.2, 0) is 19.0 Å². The van der Waals surface area contributed by atoms with Crippen LogP contribution >= 0.6 is 11.8 Å². The fraction of sp³-hybridized carbons (Fsp3) is 0.800. The van der Waals surface area contributed by atoms with Crippen molar-refractivity contribution in [2.75, 3.05) is 19.0 Å². The Hall–Kier alpha value is -2.14. The molecule has 2 amide bonds. The summed E-state index contributed by atoms with van der Waals surface area (Å²) in [6, 6.07) is 2.16. The van der Waals surface area contributed by atoms with Gasteiger partial charge >= 0.3 is 12.0 Å². The Kier molecular flexibility index (Phi) is 14.5. The lowest BCUT2D eigenvalue weighted by molar-refractivity contribution is -0.355. The molecule has 44 heavy (non-hydrogen) atoms. The van der Waals surface area contributed by atoms with Crippen LogP contribution in [0.1, 0.15) is 25.7 Å². The summed E-state index contributed by atoms with van der Waals surface area (Å²) in [4.78, 5) is 21.5. The summed E-state index contributed by atoms with van der Waals surface area (Å²) in [7, 11) is 0. The van der Waals surface area contributed by atoms with Crippen molar-refractivity contribution in [3.05, 3.63) is 18.5 Å². The van der Waals surface area contributed by atoms with Crippen LogP contribution in [0.5, 0.6) is 0 Å². The first-order valence-electron chi connectivity index (χ1n) is 14.0. The first-order chi connectivity index (χ1) is 21.0. The molecule has 1 aromatic heterocycles. The summed E-state index contributed by atoms with van der Waals surface area (Å²) in [5, 5.41) is 94.6. The largest absolute Gasteiger partial charge is 0.481 e. The number of nitrogens with zero attached hydrogens (tertiary/aromatic N) is 1. The smallest absolute Gasteiger partial charge is 0.315 e. The molecule has 0 saturated carbocycles. The van der Waals surface area contributed by atoms with Gasteiger partial charge in [0.15, 0.2) is 12.6 Å². The highest BCUT2D eigenvalue weighted by Crippen LogP contribution is 2.33. The Morgan fingerprint density at radius 3 is 2.27 bits per heavy atom. The van der Waals surface area contributed by atoms with E-state index >= 15 is 0 Å². The van der Waals surface area contributed by atoms with Gasteiger partial charge in [-0.2, -0.15) is 11.8 Å². The van der Waals surface area contributed by atoms with Crippen LogP contribution in [-0.4, -0.2) is 161 Å². The van der Waals surface area contributed by atoms with Crippen molar-refractivity contribution < 1.29 is 74.3 Å². The van der Waals surface area contributed by atoms with E-state index in [1.54, 1.807) is 12.3 Å². The molecule has 0 bridgehead atoms. The maximum atomic E-state index is 11.1. The first-order valence-corrected chi connectivity index (χ1v) is 15.0. The lowest BCUT2D eigenvalue weighted by Crippen LogP contribution is -2.64. The predicted octanol–water partition coefficient (Wildman–Crippen LogP) is -3.93. The molecule has 1 unspecified atom stereocenters. The Labute approximate surface area is 255 Å². The van der Waals surface area contributed by atoms with Gasteiger partial charge in [0.2, 0.25) is 0 Å². The monoisotopic (exact) mass is 655 g/mol. The molecule has 0 radical (unpaired) electrons. The summed E-state index contributed by atoms with van der Waals surface area (Å²) in [6.07, 6.45) is -9.59. The van der Waals surface area contributed by atoms with Crippen molar-refractivity contribution >= 4 is 23.8 Å². The average molecular weight is 656 g/mol. The third-order valence-electron chi connectivity index (χ3n) is 7.39. The second-order valence-electron chi connectivity index (χ2n) is 10.5. The summed E-state index contributed by atoms with van der Waals surface area (Å²) < 4.78 is 19.6. The number of nitrogens with one attached hydrogen (secondary N) is 2. The molecule has 19 heteroatoms. The highest BCUT2D eigenvalue weighted by molar-refractivity contribution is 8.00. The molecule has 4 fully saturated rings. The van der Waals surface area contributed by atoms with Gasteiger partial charge in [-0.1, -0.05) is 11.6 Å². The number of carbonyl (C=O) groups is 2. The maximum Gasteiger partial charge on any atom is 0.315 e. The van der Waals surface area contributed by atoms with E-state index in [4.69, 9.17) is 24.4 Å². The molecule has 1 aromatic rings. The zero-order chi connectivity index (χ0) is 32.4. The number of thioether (sulfide) groups is 1. The molecule has 0 aliphatic carbocycles. The molecular weight excluding hydrogens is 614 g/mol. The molecule has 11 N–H and O–H groups in total. The highest BCUT2D eigenvalue weighted by atomic mass is 32.2. The van der Waals surface area contributed by atoms with E-state index in [0.29, 0.717) is 5.25 Å². The normalized spacial score (nSPS) is 39.5. The second kappa shape index (κ2) is 17.5. The van der Waals surface area contributed by atoms with Gasteiger partial charge in [-0.05, 0) is 18.9 Å². The van der Waals surface area contributed by atoms with Gasteiger partial charge in [0, 0.05) is 17.4 Å². The van der Waals surface area contributed by atoms with Crippen LogP contribution in [0.25, 0.3) is 0 Å². The number of hydrogen-bond donors (Lipinski definition) is 11. The fourth-order valence-corrected chi connectivity index (χ4v) is 6.55. The summed E-state index contributed by atoms with van der Waals surface area (Å²) in [5.41, 5.74) is 0. The summed E-state index contributed by atoms with van der Waals surface area (Å²) in [6.45, 7) is -1.35. The molecule has 5 heterocycles. The lowest BCUT2D eigenvalue weighted by atomic mass is 9.97. The number of carboxylic acid groups (broad SMARTS) is 1. The minimum absolute atomic E-state index is 0.0640. The van der Waals surface area contributed by atoms with E-state index in [9.17, 15) is 45.3 Å². The third-order valence-corrected chi connectivity index (χ3v) is 8.90. The van der Waals surface area contributed by atoms with Crippen molar-refractivity contribution in [3.8, 4) is 0 Å². The van der Waals surface area contributed by atoms with Gasteiger partial charge in [-0.15, -0.1) is 0 Å². The number of unbranched alkanes of at least 4 members (excludes halogenated alkanes) is 1. The zero-order valence-electron chi connectivity index (χ0n) is 23.5. The molecule has 5 rings (SSSR count). The van der Waals surface area contributed by atoms with Gasteiger partial charge in [0.1, 0.15) is 55.1 Å². The lowest BCUT2D eigenvalue weighted by Gasteiger charge is -2.45. The van der Waals surface area contributed by atoms with Crippen LogP contribution in [0.2, 0.25) is 0 Å². The van der Waals surface area contributed by atoms with Gasteiger partial charge in [-0.25, -0.2) is 4.79 Å². The minimum atomic E-state index is -1.74. The molecular formula is C25H41N3O15S. The molecule has 4 saturated heterocycles. The number of carbonyl (C=O) groups excluding carboxylic acids is 1. The molecule has 0 spiro atoms. The van der Waals surface area contributed by atoms with Gasteiger partial charge in [0.05, 0.1) is 31.5 Å². The Balaban J connectivity index is 0.000000216. The predicted molar refractivity (Wildman–Crippen MR) is 147 cm³/mol.